The van der Waals surface area contributed by atoms with Crippen LogP contribution in [0.1, 0.15) is 12.8 Å². The Hall–Kier alpha value is -2.11. The molecule has 0 bridgehead atoms. The minimum Gasteiger partial charge on any atom is -0.326 e. The quantitative estimate of drug-likeness (QED) is 0.646. The van der Waals surface area contributed by atoms with Crippen LogP contribution in [-0.4, -0.2) is 11.8 Å². The van der Waals surface area contributed by atoms with E-state index in [0.717, 1.165) is 4.47 Å². The van der Waals surface area contributed by atoms with E-state index in [1.165, 1.54) is 0 Å². The second-order valence-electron chi connectivity index (χ2n) is 6.12. The minimum atomic E-state index is -0.438. The maximum absolute atomic E-state index is 12.7. The molecule has 0 radical (unpaired) electrons. The molecule has 4 nitrogen and oxygen atoms in total. The Labute approximate surface area is 165 Å². The highest BCUT2D eigenvalue weighted by molar-refractivity contribution is 9.10. The van der Waals surface area contributed by atoms with Gasteiger partial charge in [-0.05, 0) is 49.2 Å². The molecule has 6 heteroatoms. The van der Waals surface area contributed by atoms with Crippen molar-refractivity contribution in [3.63, 3.8) is 0 Å². The average Bonchev–Trinajstić information content (AvgIpc) is 2.65. The molecule has 1 aliphatic carbocycles. The van der Waals surface area contributed by atoms with Gasteiger partial charge in [0, 0.05) is 10.2 Å². The first-order chi connectivity index (χ1) is 12.5. The average molecular weight is 434 g/mol. The van der Waals surface area contributed by atoms with Crippen LogP contribution >= 0.6 is 27.5 Å². The summed E-state index contributed by atoms with van der Waals surface area (Å²) in [6, 6.07) is 14.4. The molecule has 2 aromatic carbocycles. The van der Waals surface area contributed by atoms with Crippen LogP contribution in [0.3, 0.4) is 0 Å². The van der Waals surface area contributed by atoms with Crippen LogP contribution in [0.25, 0.3) is 0 Å². The van der Waals surface area contributed by atoms with E-state index in [9.17, 15) is 9.59 Å². The predicted molar refractivity (Wildman–Crippen MR) is 108 cm³/mol. The summed E-state index contributed by atoms with van der Waals surface area (Å²) in [5.74, 6) is -1.22. The van der Waals surface area contributed by atoms with Gasteiger partial charge in [-0.15, -0.1) is 0 Å². The van der Waals surface area contributed by atoms with E-state index < -0.39 is 11.8 Å². The zero-order valence-electron chi connectivity index (χ0n) is 13.9. The van der Waals surface area contributed by atoms with Crippen molar-refractivity contribution in [3.8, 4) is 0 Å². The van der Waals surface area contributed by atoms with Crippen molar-refractivity contribution in [2.75, 3.05) is 10.6 Å². The highest BCUT2D eigenvalue weighted by Crippen LogP contribution is 2.30. The largest absolute Gasteiger partial charge is 0.326 e. The van der Waals surface area contributed by atoms with Gasteiger partial charge in [0.25, 0.3) is 0 Å². The Morgan fingerprint density at radius 1 is 0.885 bits per heavy atom. The third kappa shape index (κ3) is 4.54. The lowest BCUT2D eigenvalue weighted by Gasteiger charge is -2.27. The molecule has 0 aliphatic heterocycles. The number of anilines is 2. The van der Waals surface area contributed by atoms with Gasteiger partial charge >= 0.3 is 0 Å². The third-order valence-electron chi connectivity index (χ3n) is 4.35. The SMILES string of the molecule is O=C(Nc1ccc(Br)cc1)[C@@H]1CC=CC[C@H]1C(=O)Nc1ccccc1Cl. The standard InChI is InChI=1S/C20H18BrClN2O2/c21-13-9-11-14(12-10-13)23-19(25)15-5-1-2-6-16(15)20(26)24-18-8-4-3-7-17(18)22/h1-4,7-12,15-16H,5-6H2,(H,23,25)(H,24,26)/t15-,16-/m1/s1. The number of benzene rings is 2. The number of hydrogen-bond donors (Lipinski definition) is 2. The molecule has 1 aliphatic rings. The molecule has 26 heavy (non-hydrogen) atoms. The lowest BCUT2D eigenvalue weighted by Crippen LogP contribution is -2.37. The second-order valence-corrected chi connectivity index (χ2v) is 7.44. The van der Waals surface area contributed by atoms with Crippen molar-refractivity contribution >= 4 is 50.7 Å². The molecule has 2 atom stereocenters. The molecule has 0 fully saturated rings. The van der Waals surface area contributed by atoms with E-state index in [1.54, 1.807) is 24.3 Å². The number of carbonyl (C=O) groups excluding carboxylic acids is 2. The first-order valence-electron chi connectivity index (χ1n) is 8.31. The third-order valence-corrected chi connectivity index (χ3v) is 5.21. The molecule has 0 heterocycles. The Morgan fingerprint density at radius 3 is 2.08 bits per heavy atom. The lowest BCUT2D eigenvalue weighted by atomic mass is 9.81. The van der Waals surface area contributed by atoms with E-state index in [2.05, 4.69) is 26.6 Å². The van der Waals surface area contributed by atoms with Crippen LogP contribution in [0.4, 0.5) is 11.4 Å². The summed E-state index contributed by atoms with van der Waals surface area (Å²) in [6.45, 7) is 0. The van der Waals surface area contributed by atoms with E-state index in [1.807, 2.05) is 36.4 Å². The molecule has 0 saturated heterocycles. The highest BCUT2D eigenvalue weighted by atomic mass is 79.9. The smallest absolute Gasteiger partial charge is 0.228 e. The van der Waals surface area contributed by atoms with Crippen LogP contribution < -0.4 is 10.6 Å². The van der Waals surface area contributed by atoms with Crippen molar-refractivity contribution < 1.29 is 9.59 Å². The van der Waals surface area contributed by atoms with Gasteiger partial charge in [-0.25, -0.2) is 0 Å². The van der Waals surface area contributed by atoms with Gasteiger partial charge in [-0.2, -0.15) is 0 Å². The number of para-hydroxylation sites is 1. The van der Waals surface area contributed by atoms with E-state index in [4.69, 9.17) is 11.6 Å². The summed E-state index contributed by atoms with van der Waals surface area (Å²) in [6.07, 6.45) is 4.95. The van der Waals surface area contributed by atoms with E-state index in [0.29, 0.717) is 29.2 Å². The van der Waals surface area contributed by atoms with Gasteiger partial charge in [0.05, 0.1) is 22.5 Å². The number of rotatable bonds is 4. The Kier molecular flexibility index (Phi) is 6.12. The maximum atomic E-state index is 12.7. The van der Waals surface area contributed by atoms with Gasteiger partial charge in [0.15, 0.2) is 0 Å². The summed E-state index contributed by atoms with van der Waals surface area (Å²) < 4.78 is 0.938. The van der Waals surface area contributed by atoms with Gasteiger partial charge in [-0.1, -0.05) is 51.8 Å². The molecular formula is C20H18BrClN2O2. The Morgan fingerprint density at radius 2 is 1.46 bits per heavy atom. The van der Waals surface area contributed by atoms with Crippen molar-refractivity contribution in [3.05, 3.63) is 70.2 Å². The summed E-state index contributed by atoms with van der Waals surface area (Å²) in [4.78, 5) is 25.5. The molecule has 2 N–H and O–H groups in total. The van der Waals surface area contributed by atoms with Crippen LogP contribution in [-0.2, 0) is 9.59 Å². The lowest BCUT2D eigenvalue weighted by molar-refractivity contribution is -0.129. The van der Waals surface area contributed by atoms with Gasteiger partial charge in [0.1, 0.15) is 0 Å². The fourth-order valence-corrected chi connectivity index (χ4v) is 3.40. The van der Waals surface area contributed by atoms with Crippen molar-refractivity contribution in [2.45, 2.75) is 12.8 Å². The molecule has 3 rings (SSSR count). The van der Waals surface area contributed by atoms with Crippen molar-refractivity contribution in [1.82, 2.24) is 0 Å². The molecule has 0 saturated carbocycles. The van der Waals surface area contributed by atoms with Crippen LogP contribution in [0.15, 0.2) is 65.2 Å². The molecule has 2 aromatic rings. The second kappa shape index (κ2) is 8.52. The fraction of sp³-hybridized carbons (Fsp3) is 0.200. The van der Waals surface area contributed by atoms with Crippen LogP contribution in [0, 0.1) is 11.8 Å². The Balaban J connectivity index is 1.72. The number of allylic oxidation sites excluding steroid dienone is 2. The first kappa shape index (κ1) is 18.7. The molecule has 0 unspecified atom stereocenters. The van der Waals surface area contributed by atoms with E-state index in [-0.39, 0.29) is 11.8 Å². The summed E-state index contributed by atoms with van der Waals surface area (Å²) in [5, 5.41) is 6.22. The number of hydrogen-bond acceptors (Lipinski definition) is 2. The Bertz CT molecular complexity index is 836. The molecule has 2 amide bonds. The summed E-state index contributed by atoms with van der Waals surface area (Å²) in [7, 11) is 0. The first-order valence-corrected chi connectivity index (χ1v) is 9.48. The molecule has 0 spiro atoms. The van der Waals surface area contributed by atoms with Crippen molar-refractivity contribution in [2.24, 2.45) is 11.8 Å². The number of nitrogens with one attached hydrogen (secondary N) is 2. The maximum Gasteiger partial charge on any atom is 0.228 e. The topological polar surface area (TPSA) is 58.2 Å². The highest BCUT2D eigenvalue weighted by Gasteiger charge is 2.34. The molecular weight excluding hydrogens is 416 g/mol. The fourth-order valence-electron chi connectivity index (χ4n) is 2.95. The molecule has 134 valence electrons. The number of carbonyl (C=O) groups is 2. The number of halogens is 2. The summed E-state index contributed by atoms with van der Waals surface area (Å²) in [5.41, 5.74) is 1.26. The summed E-state index contributed by atoms with van der Waals surface area (Å²) >= 11 is 9.48. The number of amides is 2. The van der Waals surface area contributed by atoms with E-state index >= 15 is 0 Å². The van der Waals surface area contributed by atoms with Gasteiger partial charge < -0.3 is 10.6 Å². The monoisotopic (exact) mass is 432 g/mol. The van der Waals surface area contributed by atoms with Crippen LogP contribution in [0.2, 0.25) is 5.02 Å². The predicted octanol–water partition coefficient (Wildman–Crippen LogP) is 5.26. The van der Waals surface area contributed by atoms with Gasteiger partial charge in [0.2, 0.25) is 11.8 Å². The van der Waals surface area contributed by atoms with Crippen molar-refractivity contribution in [1.29, 1.82) is 0 Å². The van der Waals surface area contributed by atoms with Gasteiger partial charge in [-0.3, -0.25) is 9.59 Å². The zero-order chi connectivity index (χ0) is 18.5. The normalized spacial score (nSPS) is 19.0. The zero-order valence-corrected chi connectivity index (χ0v) is 16.3. The molecule has 0 aromatic heterocycles. The minimum absolute atomic E-state index is 0.156. The van der Waals surface area contributed by atoms with Crippen LogP contribution in [0.5, 0.6) is 0 Å².